The third-order valence-electron chi connectivity index (χ3n) is 4.54. The van der Waals surface area contributed by atoms with Crippen LogP contribution < -0.4 is 5.32 Å². The van der Waals surface area contributed by atoms with Crippen molar-refractivity contribution in [2.24, 2.45) is 7.05 Å². The molecule has 1 N–H and O–H groups in total. The number of likely N-dealkylation sites (tertiary alicyclic amines) is 1. The highest BCUT2D eigenvalue weighted by Gasteiger charge is 2.34. The van der Waals surface area contributed by atoms with E-state index in [1.165, 1.54) is 5.69 Å². The molecule has 116 valence electrons. The van der Waals surface area contributed by atoms with Gasteiger partial charge in [-0.25, -0.2) is 0 Å². The second kappa shape index (κ2) is 6.15. The molecular formula is C15H25N5O. The van der Waals surface area contributed by atoms with Crippen molar-refractivity contribution in [3.8, 4) is 0 Å². The second-order valence-electron chi connectivity index (χ2n) is 6.10. The molecule has 6 heteroatoms. The number of piperazine rings is 1. The highest BCUT2D eigenvalue weighted by molar-refractivity contribution is 5.82. The van der Waals surface area contributed by atoms with Crippen LogP contribution in [0.15, 0.2) is 6.07 Å². The molecule has 0 saturated carbocycles. The highest BCUT2D eigenvalue weighted by Crippen LogP contribution is 2.22. The van der Waals surface area contributed by atoms with E-state index in [0.29, 0.717) is 5.91 Å². The van der Waals surface area contributed by atoms with Crippen molar-refractivity contribution in [1.29, 1.82) is 0 Å². The van der Waals surface area contributed by atoms with Gasteiger partial charge in [-0.2, -0.15) is 5.10 Å². The number of nitrogens with one attached hydrogen (secondary N) is 1. The number of hydrogen-bond acceptors (Lipinski definition) is 4. The predicted octanol–water partition coefficient (Wildman–Crippen LogP) is 0.125. The molecule has 3 rings (SSSR count). The molecular weight excluding hydrogens is 266 g/mol. The lowest BCUT2D eigenvalue weighted by molar-refractivity contribution is -0.136. The van der Waals surface area contributed by atoms with Crippen LogP contribution in [0.1, 0.15) is 24.2 Å². The Hall–Kier alpha value is -1.40. The minimum absolute atomic E-state index is 0.0540. The first-order chi connectivity index (χ1) is 10.1. The lowest BCUT2D eigenvalue weighted by Gasteiger charge is -2.32. The zero-order valence-corrected chi connectivity index (χ0v) is 13.0. The summed E-state index contributed by atoms with van der Waals surface area (Å²) in [6.07, 6.45) is 2.10. The fourth-order valence-electron chi connectivity index (χ4n) is 3.41. The molecule has 1 amide bonds. The first-order valence-corrected chi connectivity index (χ1v) is 7.88. The van der Waals surface area contributed by atoms with Gasteiger partial charge in [0.1, 0.15) is 0 Å². The summed E-state index contributed by atoms with van der Waals surface area (Å²) in [5.74, 6) is 0.313. The van der Waals surface area contributed by atoms with E-state index in [4.69, 9.17) is 0 Å². The Kier molecular flexibility index (Phi) is 4.26. The molecule has 1 atom stereocenters. The van der Waals surface area contributed by atoms with Crippen LogP contribution in [0, 0.1) is 6.92 Å². The minimum atomic E-state index is 0.0540. The van der Waals surface area contributed by atoms with Crippen LogP contribution in [0.25, 0.3) is 0 Å². The third-order valence-corrected chi connectivity index (χ3v) is 4.54. The van der Waals surface area contributed by atoms with Crippen molar-refractivity contribution >= 4 is 5.91 Å². The smallest absolute Gasteiger partial charge is 0.240 e. The van der Waals surface area contributed by atoms with E-state index in [1.807, 2.05) is 23.6 Å². The van der Waals surface area contributed by atoms with E-state index in [1.54, 1.807) is 0 Å². The molecule has 2 saturated heterocycles. The quantitative estimate of drug-likeness (QED) is 0.860. The summed E-state index contributed by atoms with van der Waals surface area (Å²) in [5, 5.41) is 7.70. The average Bonchev–Trinajstić information content (AvgIpc) is 3.06. The van der Waals surface area contributed by atoms with Gasteiger partial charge >= 0.3 is 0 Å². The SMILES string of the molecule is Cc1cc(CN2CCCC2C(=O)N2CCNCC2)n(C)n1. The van der Waals surface area contributed by atoms with Crippen LogP contribution in [0.2, 0.25) is 0 Å². The largest absolute Gasteiger partial charge is 0.339 e. The summed E-state index contributed by atoms with van der Waals surface area (Å²) in [7, 11) is 1.98. The maximum absolute atomic E-state index is 12.7. The standard InChI is InChI=1S/C15H25N5O/c1-12-10-13(18(2)17-12)11-20-7-3-4-14(20)15(21)19-8-5-16-6-9-19/h10,14,16H,3-9,11H2,1-2H3. The Balaban J connectivity index is 1.67. The van der Waals surface area contributed by atoms with Gasteiger partial charge in [0, 0.05) is 39.8 Å². The number of rotatable bonds is 3. The fraction of sp³-hybridized carbons (Fsp3) is 0.733. The van der Waals surface area contributed by atoms with E-state index in [0.717, 1.165) is 57.8 Å². The van der Waals surface area contributed by atoms with Crippen molar-refractivity contribution in [3.05, 3.63) is 17.5 Å². The van der Waals surface area contributed by atoms with Crippen LogP contribution in [0.5, 0.6) is 0 Å². The Morgan fingerprint density at radius 3 is 2.81 bits per heavy atom. The maximum Gasteiger partial charge on any atom is 0.240 e. The molecule has 1 aromatic rings. The zero-order valence-electron chi connectivity index (χ0n) is 13.0. The number of carbonyl (C=O) groups excluding carboxylic acids is 1. The molecule has 21 heavy (non-hydrogen) atoms. The predicted molar refractivity (Wildman–Crippen MR) is 80.8 cm³/mol. The number of nitrogens with zero attached hydrogens (tertiary/aromatic N) is 4. The molecule has 1 aromatic heterocycles. The Labute approximate surface area is 126 Å². The van der Waals surface area contributed by atoms with Gasteiger partial charge < -0.3 is 10.2 Å². The number of hydrogen-bond donors (Lipinski definition) is 1. The second-order valence-corrected chi connectivity index (χ2v) is 6.10. The average molecular weight is 291 g/mol. The number of amides is 1. The highest BCUT2D eigenvalue weighted by atomic mass is 16.2. The van der Waals surface area contributed by atoms with E-state index in [-0.39, 0.29) is 6.04 Å². The lowest BCUT2D eigenvalue weighted by atomic mass is 10.1. The monoisotopic (exact) mass is 291 g/mol. The molecule has 2 aliphatic heterocycles. The number of carbonyl (C=O) groups is 1. The summed E-state index contributed by atoms with van der Waals surface area (Å²) >= 11 is 0. The molecule has 3 heterocycles. The van der Waals surface area contributed by atoms with Gasteiger partial charge in [-0.15, -0.1) is 0 Å². The molecule has 0 spiro atoms. The molecule has 2 aliphatic rings. The van der Waals surface area contributed by atoms with Crippen molar-refractivity contribution < 1.29 is 4.79 Å². The molecule has 0 radical (unpaired) electrons. The summed E-state index contributed by atoms with van der Waals surface area (Å²) in [4.78, 5) is 17.1. The Bertz CT molecular complexity index is 506. The number of aromatic nitrogens is 2. The minimum Gasteiger partial charge on any atom is -0.339 e. The summed E-state index contributed by atoms with van der Waals surface area (Å²) < 4.78 is 1.93. The van der Waals surface area contributed by atoms with Gasteiger partial charge in [0.05, 0.1) is 17.4 Å². The normalized spacial score (nSPS) is 23.7. The number of aryl methyl sites for hydroxylation is 2. The topological polar surface area (TPSA) is 53.4 Å². The first-order valence-electron chi connectivity index (χ1n) is 7.88. The summed E-state index contributed by atoms with van der Waals surface area (Å²) in [6.45, 7) is 7.35. The Morgan fingerprint density at radius 1 is 1.38 bits per heavy atom. The van der Waals surface area contributed by atoms with E-state index >= 15 is 0 Å². The summed E-state index contributed by atoms with van der Waals surface area (Å²) in [6, 6.07) is 2.17. The van der Waals surface area contributed by atoms with Crippen molar-refractivity contribution in [1.82, 2.24) is 24.9 Å². The van der Waals surface area contributed by atoms with Gasteiger partial charge in [-0.05, 0) is 32.4 Å². The van der Waals surface area contributed by atoms with Crippen LogP contribution in [-0.4, -0.2) is 64.3 Å². The molecule has 2 fully saturated rings. The van der Waals surface area contributed by atoms with Crippen molar-refractivity contribution in [2.45, 2.75) is 32.4 Å². The Morgan fingerprint density at radius 2 is 2.14 bits per heavy atom. The van der Waals surface area contributed by atoms with Crippen LogP contribution in [0.4, 0.5) is 0 Å². The maximum atomic E-state index is 12.7. The van der Waals surface area contributed by atoms with Gasteiger partial charge in [-0.1, -0.05) is 0 Å². The van der Waals surface area contributed by atoms with Crippen molar-refractivity contribution in [2.75, 3.05) is 32.7 Å². The lowest BCUT2D eigenvalue weighted by Crippen LogP contribution is -2.52. The first kappa shape index (κ1) is 14.5. The molecule has 0 bridgehead atoms. The third kappa shape index (κ3) is 3.11. The van der Waals surface area contributed by atoms with Gasteiger partial charge in [0.15, 0.2) is 0 Å². The van der Waals surface area contributed by atoms with Gasteiger partial charge in [-0.3, -0.25) is 14.4 Å². The van der Waals surface area contributed by atoms with E-state index < -0.39 is 0 Å². The molecule has 0 aromatic carbocycles. The van der Waals surface area contributed by atoms with Crippen LogP contribution >= 0.6 is 0 Å². The van der Waals surface area contributed by atoms with E-state index in [9.17, 15) is 4.79 Å². The fourth-order valence-corrected chi connectivity index (χ4v) is 3.41. The van der Waals surface area contributed by atoms with Gasteiger partial charge in [0.2, 0.25) is 5.91 Å². The zero-order chi connectivity index (χ0) is 14.8. The summed E-state index contributed by atoms with van der Waals surface area (Å²) in [5.41, 5.74) is 2.23. The van der Waals surface area contributed by atoms with Crippen molar-refractivity contribution in [3.63, 3.8) is 0 Å². The van der Waals surface area contributed by atoms with Crippen LogP contribution in [0.3, 0.4) is 0 Å². The molecule has 0 aliphatic carbocycles. The molecule has 1 unspecified atom stereocenters. The molecule has 6 nitrogen and oxygen atoms in total. The van der Waals surface area contributed by atoms with Gasteiger partial charge in [0.25, 0.3) is 0 Å². The van der Waals surface area contributed by atoms with Crippen LogP contribution in [-0.2, 0) is 18.4 Å². The van der Waals surface area contributed by atoms with E-state index in [2.05, 4.69) is 21.4 Å².